The van der Waals surface area contributed by atoms with E-state index >= 15 is 0 Å². The number of benzene rings is 2. The van der Waals surface area contributed by atoms with Crippen LogP contribution < -0.4 is 19.9 Å². The molecule has 0 unspecified atom stereocenters. The highest BCUT2D eigenvalue weighted by Gasteiger charge is 2.33. The van der Waals surface area contributed by atoms with Crippen LogP contribution in [0.4, 0.5) is 20.6 Å². The molecular weight excluding hydrogens is 387 g/mol. The number of hydrogen-bond acceptors (Lipinski definition) is 4. The molecule has 1 N–H and O–H groups in total. The second-order valence-electron chi connectivity index (χ2n) is 7.50. The van der Waals surface area contributed by atoms with E-state index in [4.69, 9.17) is 4.74 Å². The SMILES string of the molecule is COc1ccc(N2C[C@@H](NC(=O)N3CCN(c4ccc(F)cc4)CC3)CC2=O)cc1. The molecule has 158 valence electrons. The number of ether oxygens (including phenoxy) is 1. The molecule has 2 saturated heterocycles. The van der Waals surface area contributed by atoms with Crippen LogP contribution in [0, 0.1) is 5.82 Å². The third-order valence-corrected chi connectivity index (χ3v) is 5.60. The van der Waals surface area contributed by atoms with E-state index in [0.29, 0.717) is 32.7 Å². The average Bonchev–Trinajstić information content (AvgIpc) is 3.14. The van der Waals surface area contributed by atoms with Crippen LogP contribution in [0.5, 0.6) is 5.75 Å². The number of urea groups is 1. The van der Waals surface area contributed by atoms with Crippen molar-refractivity contribution in [2.75, 3.05) is 49.6 Å². The number of nitrogens with zero attached hydrogens (tertiary/aromatic N) is 3. The zero-order valence-electron chi connectivity index (χ0n) is 16.9. The molecule has 0 aromatic heterocycles. The first-order valence-electron chi connectivity index (χ1n) is 10.0. The van der Waals surface area contributed by atoms with Crippen molar-refractivity contribution in [3.05, 3.63) is 54.3 Å². The minimum absolute atomic E-state index is 0.00778. The first kappa shape index (κ1) is 20.0. The van der Waals surface area contributed by atoms with Gasteiger partial charge in [0, 0.05) is 50.5 Å². The van der Waals surface area contributed by atoms with E-state index in [9.17, 15) is 14.0 Å². The van der Waals surface area contributed by atoms with Crippen molar-refractivity contribution in [3.63, 3.8) is 0 Å². The van der Waals surface area contributed by atoms with E-state index in [1.54, 1.807) is 29.0 Å². The highest BCUT2D eigenvalue weighted by Crippen LogP contribution is 2.24. The second kappa shape index (κ2) is 8.61. The van der Waals surface area contributed by atoms with Gasteiger partial charge >= 0.3 is 6.03 Å². The summed E-state index contributed by atoms with van der Waals surface area (Å²) in [7, 11) is 1.60. The van der Waals surface area contributed by atoms with Gasteiger partial charge in [-0.3, -0.25) is 4.79 Å². The zero-order chi connectivity index (χ0) is 21.1. The molecule has 2 aromatic carbocycles. The lowest BCUT2D eigenvalue weighted by Crippen LogP contribution is -2.53. The summed E-state index contributed by atoms with van der Waals surface area (Å²) in [6.45, 7) is 2.96. The van der Waals surface area contributed by atoms with Crippen LogP contribution >= 0.6 is 0 Å². The van der Waals surface area contributed by atoms with Crippen molar-refractivity contribution < 1.29 is 18.7 Å². The lowest BCUT2D eigenvalue weighted by molar-refractivity contribution is -0.117. The van der Waals surface area contributed by atoms with Gasteiger partial charge in [-0.15, -0.1) is 0 Å². The average molecular weight is 412 g/mol. The smallest absolute Gasteiger partial charge is 0.317 e. The molecule has 2 fully saturated rings. The largest absolute Gasteiger partial charge is 0.497 e. The van der Waals surface area contributed by atoms with E-state index < -0.39 is 0 Å². The summed E-state index contributed by atoms with van der Waals surface area (Å²) in [4.78, 5) is 30.7. The van der Waals surface area contributed by atoms with Gasteiger partial charge in [-0.25, -0.2) is 9.18 Å². The van der Waals surface area contributed by atoms with Crippen molar-refractivity contribution in [3.8, 4) is 5.75 Å². The standard InChI is InChI=1S/C22H25FN4O3/c1-30-20-8-6-19(7-9-20)27-15-17(14-21(27)28)24-22(29)26-12-10-25(11-13-26)18-4-2-16(23)3-5-18/h2-9,17H,10-15H2,1H3,(H,24,29)/t17-/m0/s1. The predicted octanol–water partition coefficient (Wildman–Crippen LogP) is 2.47. The molecule has 0 aliphatic carbocycles. The number of methoxy groups -OCH3 is 1. The third kappa shape index (κ3) is 4.32. The number of rotatable bonds is 4. The zero-order valence-corrected chi connectivity index (χ0v) is 16.9. The number of carbonyl (C=O) groups excluding carboxylic acids is 2. The van der Waals surface area contributed by atoms with Crippen LogP contribution in [0.1, 0.15) is 6.42 Å². The second-order valence-corrected chi connectivity index (χ2v) is 7.50. The van der Waals surface area contributed by atoms with Gasteiger partial charge in [-0.2, -0.15) is 0 Å². The monoisotopic (exact) mass is 412 g/mol. The minimum Gasteiger partial charge on any atom is -0.497 e. The molecule has 30 heavy (non-hydrogen) atoms. The van der Waals surface area contributed by atoms with E-state index in [2.05, 4.69) is 10.2 Å². The highest BCUT2D eigenvalue weighted by molar-refractivity contribution is 5.96. The first-order chi connectivity index (χ1) is 14.5. The van der Waals surface area contributed by atoms with Crippen molar-refractivity contribution in [2.24, 2.45) is 0 Å². The number of anilines is 2. The fraction of sp³-hybridized carbons (Fsp3) is 0.364. The first-order valence-corrected chi connectivity index (χ1v) is 10.0. The number of amides is 3. The predicted molar refractivity (Wildman–Crippen MR) is 112 cm³/mol. The molecule has 2 heterocycles. The van der Waals surface area contributed by atoms with Gasteiger partial charge in [0.2, 0.25) is 5.91 Å². The molecule has 4 rings (SSSR count). The lowest BCUT2D eigenvalue weighted by atomic mass is 10.2. The Kier molecular flexibility index (Phi) is 5.74. The fourth-order valence-corrected chi connectivity index (χ4v) is 3.90. The van der Waals surface area contributed by atoms with Gasteiger partial charge in [-0.1, -0.05) is 0 Å². The number of piperazine rings is 1. The molecule has 0 saturated carbocycles. The maximum absolute atomic E-state index is 13.1. The summed E-state index contributed by atoms with van der Waals surface area (Å²) < 4.78 is 18.3. The number of hydrogen-bond donors (Lipinski definition) is 1. The Bertz CT molecular complexity index is 896. The minimum atomic E-state index is -0.258. The Morgan fingerprint density at radius 1 is 1.00 bits per heavy atom. The van der Waals surface area contributed by atoms with Crippen LogP contribution in [0.25, 0.3) is 0 Å². The van der Waals surface area contributed by atoms with Gasteiger partial charge < -0.3 is 24.8 Å². The van der Waals surface area contributed by atoms with Crippen LogP contribution in [0.15, 0.2) is 48.5 Å². The molecule has 2 aromatic rings. The maximum Gasteiger partial charge on any atom is 0.317 e. The molecular formula is C22H25FN4O3. The Labute approximate surface area is 175 Å². The Morgan fingerprint density at radius 3 is 2.27 bits per heavy atom. The van der Waals surface area contributed by atoms with E-state index in [0.717, 1.165) is 17.1 Å². The molecule has 0 bridgehead atoms. The van der Waals surface area contributed by atoms with Crippen molar-refractivity contribution in [1.82, 2.24) is 10.2 Å². The van der Waals surface area contributed by atoms with Gasteiger partial charge in [0.1, 0.15) is 11.6 Å². The van der Waals surface area contributed by atoms with Crippen LogP contribution in [0.3, 0.4) is 0 Å². The summed E-state index contributed by atoms with van der Waals surface area (Å²) in [5.41, 5.74) is 1.75. The molecule has 1 atom stereocenters. The molecule has 8 heteroatoms. The maximum atomic E-state index is 13.1. The van der Waals surface area contributed by atoms with Crippen LogP contribution in [-0.4, -0.2) is 62.7 Å². The highest BCUT2D eigenvalue weighted by atomic mass is 19.1. The van der Waals surface area contributed by atoms with E-state index in [1.165, 1.54) is 12.1 Å². The molecule has 0 spiro atoms. The molecule has 2 aliphatic heterocycles. The van der Waals surface area contributed by atoms with Crippen molar-refractivity contribution in [1.29, 1.82) is 0 Å². The fourth-order valence-electron chi connectivity index (χ4n) is 3.90. The molecule has 3 amide bonds. The molecule has 0 radical (unpaired) electrons. The van der Waals surface area contributed by atoms with Crippen molar-refractivity contribution in [2.45, 2.75) is 12.5 Å². The summed E-state index contributed by atoms with van der Waals surface area (Å²) in [6, 6.07) is 13.3. The normalized spacial score (nSPS) is 19.2. The Balaban J connectivity index is 1.29. The third-order valence-electron chi connectivity index (χ3n) is 5.60. The summed E-state index contributed by atoms with van der Waals surface area (Å²) in [5.74, 6) is 0.466. The summed E-state index contributed by atoms with van der Waals surface area (Å²) in [6.07, 6.45) is 0.285. The van der Waals surface area contributed by atoms with Gasteiger partial charge in [0.05, 0.1) is 13.2 Å². The van der Waals surface area contributed by atoms with Crippen LogP contribution in [0.2, 0.25) is 0 Å². The molecule has 7 nitrogen and oxygen atoms in total. The quantitative estimate of drug-likeness (QED) is 0.838. The lowest BCUT2D eigenvalue weighted by Gasteiger charge is -2.36. The van der Waals surface area contributed by atoms with Gasteiger partial charge in [-0.05, 0) is 48.5 Å². The summed E-state index contributed by atoms with van der Waals surface area (Å²) >= 11 is 0. The van der Waals surface area contributed by atoms with Crippen LogP contribution in [-0.2, 0) is 4.79 Å². The Hall–Kier alpha value is -3.29. The Morgan fingerprint density at radius 2 is 1.63 bits per heavy atom. The molecule has 2 aliphatic rings. The van der Waals surface area contributed by atoms with E-state index in [1.807, 2.05) is 24.3 Å². The van der Waals surface area contributed by atoms with Gasteiger partial charge in [0.25, 0.3) is 0 Å². The topological polar surface area (TPSA) is 65.1 Å². The van der Waals surface area contributed by atoms with Crippen molar-refractivity contribution >= 4 is 23.3 Å². The number of halogens is 1. The van der Waals surface area contributed by atoms with E-state index in [-0.39, 0.29) is 30.2 Å². The number of nitrogens with one attached hydrogen (secondary N) is 1. The summed E-state index contributed by atoms with van der Waals surface area (Å²) in [5, 5.41) is 3.00. The van der Waals surface area contributed by atoms with Gasteiger partial charge in [0.15, 0.2) is 0 Å². The number of carbonyl (C=O) groups is 2.